The highest BCUT2D eigenvalue weighted by molar-refractivity contribution is 7.80. The molecule has 2 N–H and O–H groups in total. The molecule has 1 fully saturated rings. The van der Waals surface area contributed by atoms with Gasteiger partial charge in [0.25, 0.3) is 0 Å². The van der Waals surface area contributed by atoms with E-state index < -0.39 is 0 Å². The van der Waals surface area contributed by atoms with E-state index in [0.717, 1.165) is 34.9 Å². The molecule has 194 valence electrons. The monoisotopic (exact) mass is 526 g/mol. The number of pyridine rings is 2. The number of hydrogen-bond donors (Lipinski definition) is 2. The van der Waals surface area contributed by atoms with E-state index in [-0.39, 0.29) is 18.0 Å². The van der Waals surface area contributed by atoms with Crippen LogP contribution >= 0.6 is 12.2 Å². The summed E-state index contributed by atoms with van der Waals surface area (Å²) in [6, 6.07) is 17.6. The molecule has 5 rings (SSSR count). The topological polar surface area (TPSA) is 84.3 Å². The lowest BCUT2D eigenvalue weighted by Crippen LogP contribution is -2.29. The smallest absolute Gasteiger partial charge is 0.221 e. The highest BCUT2D eigenvalue weighted by Gasteiger charge is 2.42. The van der Waals surface area contributed by atoms with Gasteiger partial charge in [-0.1, -0.05) is 6.07 Å². The number of methoxy groups -OCH3 is 1. The van der Waals surface area contributed by atoms with Crippen LogP contribution in [0.1, 0.15) is 47.2 Å². The lowest BCUT2D eigenvalue weighted by molar-refractivity contribution is -0.114. The summed E-state index contributed by atoms with van der Waals surface area (Å²) in [4.78, 5) is 22.8. The SMILES string of the molecule is COc1ccc(N2C(=S)N[C@@H](c3ccccn3)[C@H]2c2cc(C)n(Cc3ccncc3)c2C)cc1NC(C)=O. The van der Waals surface area contributed by atoms with Crippen LogP contribution in [0.5, 0.6) is 5.75 Å². The molecule has 3 aromatic heterocycles. The summed E-state index contributed by atoms with van der Waals surface area (Å²) in [6.07, 6.45) is 5.44. The van der Waals surface area contributed by atoms with Crippen molar-refractivity contribution >= 4 is 34.6 Å². The first-order chi connectivity index (χ1) is 18.4. The second-order valence-corrected chi connectivity index (χ2v) is 9.72. The van der Waals surface area contributed by atoms with Gasteiger partial charge in [0.2, 0.25) is 5.91 Å². The van der Waals surface area contributed by atoms with Crippen LogP contribution in [0.4, 0.5) is 11.4 Å². The molecule has 0 bridgehead atoms. The van der Waals surface area contributed by atoms with E-state index in [4.69, 9.17) is 17.0 Å². The van der Waals surface area contributed by atoms with E-state index >= 15 is 0 Å². The number of carbonyl (C=O) groups excluding carboxylic acids is 1. The first-order valence-corrected chi connectivity index (χ1v) is 12.8. The van der Waals surface area contributed by atoms with Gasteiger partial charge in [0.15, 0.2) is 5.11 Å². The second-order valence-electron chi connectivity index (χ2n) is 9.33. The van der Waals surface area contributed by atoms with Crippen LogP contribution in [0.15, 0.2) is 73.2 Å². The van der Waals surface area contributed by atoms with Crippen LogP contribution in [-0.4, -0.2) is 32.7 Å². The molecule has 4 aromatic rings. The first kappa shape index (κ1) is 25.4. The summed E-state index contributed by atoms with van der Waals surface area (Å²) < 4.78 is 7.80. The Kier molecular flexibility index (Phi) is 7.11. The maximum Gasteiger partial charge on any atom is 0.221 e. The summed E-state index contributed by atoms with van der Waals surface area (Å²) in [6.45, 7) is 6.50. The molecule has 1 amide bonds. The van der Waals surface area contributed by atoms with Crippen molar-refractivity contribution in [2.45, 2.75) is 39.4 Å². The standard InChI is InChI=1S/C29H30N6O2S/c1-18-15-23(19(2)34(18)17-21-10-13-30-14-11-21)28-27(24-7-5-6-12-31-24)33-29(38)35(28)22-8-9-26(37-4)25(16-22)32-20(3)36/h5-16,27-28H,17H2,1-4H3,(H,32,36)(H,33,38)/t27-,28+/m0/s1. The van der Waals surface area contributed by atoms with Crippen molar-refractivity contribution in [1.29, 1.82) is 0 Å². The molecule has 1 aromatic carbocycles. The largest absolute Gasteiger partial charge is 0.495 e. The first-order valence-electron chi connectivity index (χ1n) is 12.4. The Labute approximate surface area is 227 Å². The lowest BCUT2D eigenvalue weighted by atomic mass is 9.96. The Morgan fingerprint density at radius 1 is 1.11 bits per heavy atom. The summed E-state index contributed by atoms with van der Waals surface area (Å²) in [7, 11) is 1.58. The number of anilines is 2. The Bertz CT molecular complexity index is 1470. The number of benzene rings is 1. The maximum atomic E-state index is 11.9. The Hall–Kier alpha value is -4.24. The average Bonchev–Trinajstić information content (AvgIpc) is 3.40. The molecule has 1 aliphatic heterocycles. The van der Waals surface area contributed by atoms with E-state index in [2.05, 4.69) is 50.0 Å². The number of aryl methyl sites for hydroxylation is 1. The van der Waals surface area contributed by atoms with Crippen molar-refractivity contribution in [3.05, 3.63) is 101 Å². The van der Waals surface area contributed by atoms with Crippen LogP contribution in [-0.2, 0) is 11.3 Å². The zero-order valence-corrected chi connectivity index (χ0v) is 22.6. The number of nitrogens with one attached hydrogen (secondary N) is 2. The maximum absolute atomic E-state index is 11.9. The van der Waals surface area contributed by atoms with E-state index in [9.17, 15) is 4.79 Å². The Morgan fingerprint density at radius 3 is 2.58 bits per heavy atom. The van der Waals surface area contributed by atoms with Crippen LogP contribution in [0.3, 0.4) is 0 Å². The molecule has 9 heteroatoms. The van der Waals surface area contributed by atoms with Crippen molar-refractivity contribution in [2.24, 2.45) is 0 Å². The molecule has 4 heterocycles. The van der Waals surface area contributed by atoms with E-state index in [1.54, 1.807) is 13.3 Å². The number of amides is 1. The van der Waals surface area contributed by atoms with Crippen LogP contribution in [0.25, 0.3) is 0 Å². The van der Waals surface area contributed by atoms with Crippen molar-refractivity contribution in [3.63, 3.8) is 0 Å². The van der Waals surface area contributed by atoms with Gasteiger partial charge < -0.3 is 24.8 Å². The highest BCUT2D eigenvalue weighted by atomic mass is 32.1. The number of nitrogens with zero attached hydrogens (tertiary/aromatic N) is 4. The number of rotatable bonds is 7. The van der Waals surface area contributed by atoms with E-state index in [0.29, 0.717) is 16.5 Å². The predicted octanol–water partition coefficient (Wildman–Crippen LogP) is 5.09. The number of ether oxygens (including phenoxy) is 1. The van der Waals surface area contributed by atoms with Crippen molar-refractivity contribution in [3.8, 4) is 5.75 Å². The Balaban J connectivity index is 1.63. The molecule has 0 radical (unpaired) electrons. The summed E-state index contributed by atoms with van der Waals surface area (Å²) in [5, 5.41) is 6.98. The quantitative estimate of drug-likeness (QED) is 0.325. The minimum Gasteiger partial charge on any atom is -0.495 e. The molecule has 1 saturated heterocycles. The fourth-order valence-corrected chi connectivity index (χ4v) is 5.47. The van der Waals surface area contributed by atoms with Crippen LogP contribution < -0.4 is 20.3 Å². The minimum atomic E-state index is -0.176. The zero-order chi connectivity index (χ0) is 26.8. The van der Waals surface area contributed by atoms with Gasteiger partial charge in [0, 0.05) is 49.1 Å². The molecule has 0 aliphatic carbocycles. The number of aromatic nitrogens is 3. The predicted molar refractivity (Wildman–Crippen MR) is 152 cm³/mol. The van der Waals surface area contributed by atoms with Gasteiger partial charge in [0.05, 0.1) is 30.6 Å². The molecule has 38 heavy (non-hydrogen) atoms. The molecule has 8 nitrogen and oxygen atoms in total. The van der Waals surface area contributed by atoms with Crippen LogP contribution in [0.2, 0.25) is 0 Å². The zero-order valence-electron chi connectivity index (χ0n) is 21.8. The van der Waals surface area contributed by atoms with Gasteiger partial charge in [0.1, 0.15) is 5.75 Å². The molecule has 1 aliphatic rings. The molecular formula is C29H30N6O2S. The number of hydrogen-bond acceptors (Lipinski definition) is 5. The second kappa shape index (κ2) is 10.6. The normalized spacial score (nSPS) is 16.8. The van der Waals surface area contributed by atoms with Gasteiger partial charge in [-0.15, -0.1) is 0 Å². The fourth-order valence-electron chi connectivity index (χ4n) is 5.12. The average molecular weight is 527 g/mol. The van der Waals surface area contributed by atoms with Gasteiger partial charge >= 0.3 is 0 Å². The van der Waals surface area contributed by atoms with Crippen molar-refractivity contribution < 1.29 is 9.53 Å². The van der Waals surface area contributed by atoms with E-state index in [1.807, 2.05) is 60.9 Å². The fraction of sp³-hybridized carbons (Fsp3) is 0.241. The molecular weight excluding hydrogens is 496 g/mol. The van der Waals surface area contributed by atoms with Gasteiger partial charge in [-0.05, 0) is 85.7 Å². The summed E-state index contributed by atoms with van der Waals surface area (Å²) >= 11 is 5.91. The number of carbonyl (C=O) groups is 1. The third-order valence-electron chi connectivity index (χ3n) is 6.89. The summed E-state index contributed by atoms with van der Waals surface area (Å²) in [5.74, 6) is 0.403. The van der Waals surface area contributed by atoms with E-state index in [1.165, 1.54) is 12.5 Å². The molecule has 0 spiro atoms. The minimum absolute atomic E-state index is 0.173. The molecule has 0 saturated carbocycles. The molecule has 2 atom stereocenters. The third-order valence-corrected chi connectivity index (χ3v) is 7.21. The highest BCUT2D eigenvalue weighted by Crippen LogP contribution is 2.44. The Morgan fingerprint density at radius 2 is 1.89 bits per heavy atom. The van der Waals surface area contributed by atoms with Gasteiger partial charge in [-0.25, -0.2) is 0 Å². The van der Waals surface area contributed by atoms with Crippen LogP contribution in [0, 0.1) is 13.8 Å². The molecule has 0 unspecified atom stereocenters. The number of thiocarbonyl (C=S) groups is 1. The third kappa shape index (κ3) is 4.84. The van der Waals surface area contributed by atoms with Crippen molar-refractivity contribution in [2.75, 3.05) is 17.3 Å². The van der Waals surface area contributed by atoms with Crippen molar-refractivity contribution in [1.82, 2.24) is 19.9 Å². The van der Waals surface area contributed by atoms with Gasteiger partial charge in [-0.2, -0.15) is 0 Å². The summed E-state index contributed by atoms with van der Waals surface area (Å²) in [5.41, 5.74) is 6.96. The lowest BCUT2D eigenvalue weighted by Gasteiger charge is -2.29. The van der Waals surface area contributed by atoms with Gasteiger partial charge in [-0.3, -0.25) is 14.8 Å².